The van der Waals surface area contributed by atoms with Crippen molar-refractivity contribution in [2.45, 2.75) is 32.4 Å². The van der Waals surface area contributed by atoms with E-state index < -0.39 is 0 Å². The molecule has 148 valence electrons. The van der Waals surface area contributed by atoms with Gasteiger partial charge in [-0.2, -0.15) is 4.98 Å². The Balaban J connectivity index is 0.00000210. The van der Waals surface area contributed by atoms with Crippen LogP contribution in [0.5, 0.6) is 5.88 Å². The van der Waals surface area contributed by atoms with E-state index in [1.165, 1.54) is 11.3 Å². The van der Waals surface area contributed by atoms with Gasteiger partial charge in [-0.3, -0.25) is 4.79 Å². The minimum atomic E-state index is 0. The van der Waals surface area contributed by atoms with Gasteiger partial charge in [-0.05, 0) is 37.2 Å². The number of halogens is 1. The van der Waals surface area contributed by atoms with Crippen molar-refractivity contribution < 1.29 is 14.3 Å². The predicted molar refractivity (Wildman–Crippen MR) is 107 cm³/mol. The number of aryl methyl sites for hydroxylation is 1. The monoisotopic (exact) mass is 412 g/mol. The fraction of sp³-hybridized carbons (Fsp3) is 0.611. The van der Waals surface area contributed by atoms with Crippen molar-refractivity contribution in [3.05, 3.63) is 16.3 Å². The molecule has 3 unspecified atom stereocenters. The molecular weight excluding hydrogens is 388 g/mol. The molecule has 2 aromatic rings. The Morgan fingerprint density at radius 3 is 2.74 bits per heavy atom. The Morgan fingerprint density at radius 2 is 2.07 bits per heavy atom. The number of hydrogen-bond acceptors (Lipinski definition) is 7. The summed E-state index contributed by atoms with van der Waals surface area (Å²) in [4.78, 5) is 25.6. The molecule has 1 amide bonds. The summed E-state index contributed by atoms with van der Waals surface area (Å²) in [6.45, 7) is 3.81. The number of ether oxygens (including phenoxy) is 2. The molecule has 1 saturated carbocycles. The van der Waals surface area contributed by atoms with E-state index >= 15 is 0 Å². The fourth-order valence-electron chi connectivity index (χ4n) is 4.31. The third-order valence-electron chi connectivity index (χ3n) is 5.66. The molecule has 1 aliphatic heterocycles. The van der Waals surface area contributed by atoms with Crippen molar-refractivity contribution in [2.24, 2.45) is 17.6 Å². The van der Waals surface area contributed by atoms with Crippen LogP contribution in [-0.2, 0) is 11.3 Å². The number of likely N-dealkylation sites (tertiary alicyclic amines) is 1. The van der Waals surface area contributed by atoms with E-state index in [0.29, 0.717) is 30.1 Å². The molecule has 0 spiro atoms. The largest absolute Gasteiger partial charge is 0.480 e. The van der Waals surface area contributed by atoms with Gasteiger partial charge in [0.05, 0.1) is 17.4 Å². The van der Waals surface area contributed by atoms with Gasteiger partial charge in [-0.15, -0.1) is 23.7 Å². The van der Waals surface area contributed by atoms with E-state index in [1.807, 2.05) is 11.8 Å². The minimum absolute atomic E-state index is 0. The predicted octanol–water partition coefficient (Wildman–Crippen LogP) is 2.39. The summed E-state index contributed by atoms with van der Waals surface area (Å²) in [5.74, 6) is 2.11. The quantitative estimate of drug-likeness (QED) is 0.829. The van der Waals surface area contributed by atoms with Crippen molar-refractivity contribution >= 4 is 39.9 Å². The molecule has 7 nitrogen and oxygen atoms in total. The van der Waals surface area contributed by atoms with Gasteiger partial charge in [0.1, 0.15) is 11.4 Å². The second kappa shape index (κ2) is 7.87. The molecule has 2 N–H and O–H groups in total. The number of carbonyl (C=O) groups excluding carboxylic acids is 1. The van der Waals surface area contributed by atoms with Crippen LogP contribution >= 0.6 is 23.7 Å². The second-order valence-corrected chi connectivity index (χ2v) is 8.19. The molecule has 2 aromatic heterocycles. The van der Waals surface area contributed by atoms with Crippen LogP contribution in [-0.4, -0.2) is 54.1 Å². The van der Waals surface area contributed by atoms with Crippen molar-refractivity contribution in [2.75, 3.05) is 27.3 Å². The molecule has 0 aromatic carbocycles. The molecule has 27 heavy (non-hydrogen) atoms. The number of thiophene rings is 1. The topological polar surface area (TPSA) is 90.6 Å². The second-order valence-electron chi connectivity index (χ2n) is 7.19. The lowest BCUT2D eigenvalue weighted by Gasteiger charge is -2.18. The van der Waals surface area contributed by atoms with Crippen molar-refractivity contribution in [1.29, 1.82) is 0 Å². The third-order valence-corrected chi connectivity index (χ3v) is 6.84. The average molecular weight is 413 g/mol. The Kier molecular flexibility index (Phi) is 5.90. The van der Waals surface area contributed by atoms with Crippen LogP contribution in [0.4, 0.5) is 0 Å². The number of aromatic nitrogens is 2. The minimum Gasteiger partial charge on any atom is -0.480 e. The Labute approximate surface area is 168 Å². The zero-order valence-electron chi connectivity index (χ0n) is 15.7. The SMILES string of the molecule is COCc1nc(OC)c2c(C)c(C(=O)N3CC4CCC(N)C4C3)sc2n1.Cl. The van der Waals surface area contributed by atoms with Crippen LogP contribution in [0.1, 0.15) is 33.9 Å². The first-order valence-electron chi connectivity index (χ1n) is 8.91. The van der Waals surface area contributed by atoms with Crippen molar-refractivity contribution in [3.63, 3.8) is 0 Å². The first-order chi connectivity index (χ1) is 12.5. The maximum absolute atomic E-state index is 13.2. The number of fused-ring (bicyclic) bond motifs is 2. The molecule has 1 aliphatic carbocycles. The Hall–Kier alpha value is -1.48. The number of methoxy groups -OCH3 is 2. The third kappa shape index (κ3) is 3.40. The summed E-state index contributed by atoms with van der Waals surface area (Å²) in [5, 5.41) is 0.816. The zero-order valence-corrected chi connectivity index (χ0v) is 17.4. The van der Waals surface area contributed by atoms with E-state index in [9.17, 15) is 4.79 Å². The van der Waals surface area contributed by atoms with E-state index in [4.69, 9.17) is 15.2 Å². The van der Waals surface area contributed by atoms with Crippen LogP contribution in [0.25, 0.3) is 10.2 Å². The maximum Gasteiger partial charge on any atom is 0.264 e. The van der Waals surface area contributed by atoms with E-state index in [0.717, 1.165) is 46.6 Å². The average Bonchev–Trinajstić information content (AvgIpc) is 3.29. The number of amides is 1. The van der Waals surface area contributed by atoms with Crippen molar-refractivity contribution in [1.82, 2.24) is 14.9 Å². The molecule has 3 heterocycles. The molecular formula is C18H25ClN4O3S. The lowest BCUT2D eigenvalue weighted by molar-refractivity contribution is 0.0784. The van der Waals surface area contributed by atoms with Crippen LogP contribution in [0.3, 0.4) is 0 Å². The van der Waals surface area contributed by atoms with Gasteiger partial charge in [-0.1, -0.05) is 0 Å². The maximum atomic E-state index is 13.2. The number of nitrogens with zero attached hydrogens (tertiary/aromatic N) is 3. The summed E-state index contributed by atoms with van der Waals surface area (Å²) in [6.07, 6.45) is 2.20. The highest BCUT2D eigenvalue weighted by Crippen LogP contribution is 2.40. The summed E-state index contributed by atoms with van der Waals surface area (Å²) < 4.78 is 10.6. The fourth-order valence-corrected chi connectivity index (χ4v) is 5.46. The summed E-state index contributed by atoms with van der Waals surface area (Å²) in [7, 11) is 3.18. The van der Waals surface area contributed by atoms with Crippen LogP contribution in [0, 0.1) is 18.8 Å². The molecule has 0 bridgehead atoms. The highest BCUT2D eigenvalue weighted by molar-refractivity contribution is 7.20. The van der Waals surface area contributed by atoms with Crippen LogP contribution in [0.15, 0.2) is 0 Å². The molecule has 2 fully saturated rings. The van der Waals surface area contributed by atoms with Crippen LogP contribution in [0.2, 0.25) is 0 Å². The summed E-state index contributed by atoms with van der Waals surface area (Å²) in [5.41, 5.74) is 7.10. The first-order valence-corrected chi connectivity index (χ1v) is 9.73. The van der Waals surface area contributed by atoms with E-state index in [-0.39, 0.29) is 24.4 Å². The van der Waals surface area contributed by atoms with Gasteiger partial charge in [0.2, 0.25) is 5.88 Å². The van der Waals surface area contributed by atoms with Gasteiger partial charge in [0, 0.05) is 26.2 Å². The van der Waals surface area contributed by atoms with Gasteiger partial charge in [-0.25, -0.2) is 4.98 Å². The molecule has 3 atom stereocenters. The first kappa shape index (κ1) is 20.3. The highest BCUT2D eigenvalue weighted by atomic mass is 35.5. The zero-order chi connectivity index (χ0) is 18.4. The summed E-state index contributed by atoms with van der Waals surface area (Å²) >= 11 is 1.41. The standard InChI is InChI=1S/C18H24N4O3S.ClH/c1-9-14-16(25-3)20-13(8-24-2)21-17(14)26-15(9)18(23)22-6-10-4-5-12(19)11(10)7-22;/h10-12H,4-8,19H2,1-3H3;1H. The number of hydrogen-bond donors (Lipinski definition) is 1. The highest BCUT2D eigenvalue weighted by Gasteiger charge is 2.43. The van der Waals surface area contributed by atoms with Gasteiger partial charge >= 0.3 is 0 Å². The molecule has 2 aliphatic rings. The summed E-state index contributed by atoms with van der Waals surface area (Å²) in [6, 6.07) is 0.226. The van der Waals surface area contributed by atoms with Gasteiger partial charge in [0.25, 0.3) is 5.91 Å². The normalized spacial score (nSPS) is 24.1. The number of nitrogens with two attached hydrogens (primary N) is 1. The van der Waals surface area contributed by atoms with E-state index in [1.54, 1.807) is 14.2 Å². The van der Waals surface area contributed by atoms with E-state index in [2.05, 4.69) is 9.97 Å². The Morgan fingerprint density at radius 1 is 1.30 bits per heavy atom. The lowest BCUT2D eigenvalue weighted by Crippen LogP contribution is -2.33. The molecule has 0 radical (unpaired) electrons. The molecule has 4 rings (SSSR count). The van der Waals surface area contributed by atoms with Gasteiger partial charge < -0.3 is 20.1 Å². The number of carbonyl (C=O) groups is 1. The Bertz CT molecular complexity index is 859. The molecule has 9 heteroatoms. The van der Waals surface area contributed by atoms with Gasteiger partial charge in [0.15, 0.2) is 5.82 Å². The number of rotatable bonds is 4. The lowest BCUT2D eigenvalue weighted by atomic mass is 9.98. The smallest absolute Gasteiger partial charge is 0.264 e. The van der Waals surface area contributed by atoms with Crippen molar-refractivity contribution in [3.8, 4) is 5.88 Å². The van der Waals surface area contributed by atoms with Crippen LogP contribution < -0.4 is 10.5 Å². The molecule has 1 saturated heterocycles.